The molecule has 92 valence electrons. The first kappa shape index (κ1) is 11.9. The number of nitrogens with zero attached hydrogens (tertiary/aromatic N) is 1. The summed E-state index contributed by atoms with van der Waals surface area (Å²) in [5.74, 6) is -0.0923. The van der Waals surface area contributed by atoms with Crippen molar-refractivity contribution in [1.29, 1.82) is 0 Å². The molecule has 1 aliphatic heterocycles. The van der Waals surface area contributed by atoms with Crippen molar-refractivity contribution in [2.45, 2.75) is 19.4 Å². The van der Waals surface area contributed by atoms with Crippen LogP contribution in [0.4, 0.5) is 5.69 Å². The summed E-state index contributed by atoms with van der Waals surface area (Å²) in [6.07, 6.45) is 0.802. The van der Waals surface area contributed by atoms with Gasteiger partial charge in [0.2, 0.25) is 5.91 Å². The van der Waals surface area contributed by atoms with Crippen LogP contribution in [0.25, 0.3) is 0 Å². The summed E-state index contributed by atoms with van der Waals surface area (Å²) in [7, 11) is 0. The Morgan fingerprint density at radius 3 is 2.94 bits per heavy atom. The maximum atomic E-state index is 12.1. The molecule has 1 aromatic rings. The Labute approximate surface area is 104 Å². The van der Waals surface area contributed by atoms with Crippen LogP contribution in [0.15, 0.2) is 11.4 Å². The molecule has 1 fully saturated rings. The molecule has 1 unspecified atom stereocenters. The molecule has 0 aliphatic carbocycles. The smallest absolute Gasteiger partial charge is 0.266 e. The monoisotopic (exact) mass is 253 g/mol. The van der Waals surface area contributed by atoms with Crippen molar-refractivity contribution in [3.8, 4) is 0 Å². The number of nitrogens with two attached hydrogens (primary N) is 1. The van der Waals surface area contributed by atoms with Crippen molar-refractivity contribution in [3.63, 3.8) is 0 Å². The molecular weight excluding hydrogens is 238 g/mol. The van der Waals surface area contributed by atoms with Crippen molar-refractivity contribution in [1.82, 2.24) is 10.2 Å². The third kappa shape index (κ3) is 2.58. The molecule has 17 heavy (non-hydrogen) atoms. The molecule has 1 aliphatic rings. The SMILES string of the molecule is CC(=O)NC1CCN(C(=O)c2sccc2N)C1. The second-order valence-electron chi connectivity index (χ2n) is 4.14. The number of anilines is 1. The van der Waals surface area contributed by atoms with Crippen molar-refractivity contribution >= 4 is 28.8 Å². The van der Waals surface area contributed by atoms with E-state index in [0.717, 1.165) is 6.42 Å². The number of carbonyl (C=O) groups excluding carboxylic acids is 2. The highest BCUT2D eigenvalue weighted by molar-refractivity contribution is 7.12. The van der Waals surface area contributed by atoms with Crippen LogP contribution in [0.5, 0.6) is 0 Å². The van der Waals surface area contributed by atoms with Crippen molar-refractivity contribution in [3.05, 3.63) is 16.3 Å². The molecule has 0 radical (unpaired) electrons. The van der Waals surface area contributed by atoms with E-state index in [0.29, 0.717) is 23.7 Å². The fourth-order valence-corrected chi connectivity index (χ4v) is 2.77. The molecule has 3 N–H and O–H groups in total. The minimum Gasteiger partial charge on any atom is -0.397 e. The van der Waals surface area contributed by atoms with E-state index in [9.17, 15) is 9.59 Å². The van der Waals surface area contributed by atoms with Gasteiger partial charge < -0.3 is 16.0 Å². The summed E-state index contributed by atoms with van der Waals surface area (Å²) in [5, 5.41) is 4.64. The van der Waals surface area contributed by atoms with Gasteiger partial charge in [-0.15, -0.1) is 11.3 Å². The predicted molar refractivity (Wildman–Crippen MR) is 66.9 cm³/mol. The van der Waals surface area contributed by atoms with E-state index in [1.165, 1.54) is 18.3 Å². The lowest BCUT2D eigenvalue weighted by Gasteiger charge is -2.16. The van der Waals surface area contributed by atoms with Gasteiger partial charge in [-0.1, -0.05) is 0 Å². The van der Waals surface area contributed by atoms with Gasteiger partial charge in [0.1, 0.15) is 4.88 Å². The summed E-state index contributed by atoms with van der Waals surface area (Å²) in [4.78, 5) is 25.4. The van der Waals surface area contributed by atoms with Gasteiger partial charge in [-0.05, 0) is 17.9 Å². The van der Waals surface area contributed by atoms with E-state index in [2.05, 4.69) is 5.32 Å². The van der Waals surface area contributed by atoms with Crippen LogP contribution in [-0.4, -0.2) is 35.8 Å². The lowest BCUT2D eigenvalue weighted by molar-refractivity contribution is -0.119. The van der Waals surface area contributed by atoms with E-state index in [1.807, 2.05) is 5.38 Å². The number of amides is 2. The van der Waals surface area contributed by atoms with E-state index in [-0.39, 0.29) is 17.9 Å². The quantitative estimate of drug-likeness (QED) is 0.814. The number of hydrogen-bond acceptors (Lipinski definition) is 4. The van der Waals surface area contributed by atoms with Gasteiger partial charge in [0.25, 0.3) is 5.91 Å². The third-order valence-corrected chi connectivity index (χ3v) is 3.69. The van der Waals surface area contributed by atoms with Crippen molar-refractivity contribution < 1.29 is 9.59 Å². The first-order valence-corrected chi connectivity index (χ1v) is 6.35. The van der Waals surface area contributed by atoms with E-state index < -0.39 is 0 Å². The summed E-state index contributed by atoms with van der Waals surface area (Å²) in [5.41, 5.74) is 6.25. The Bertz CT molecular complexity index is 444. The Balaban J connectivity index is 1.99. The fraction of sp³-hybridized carbons (Fsp3) is 0.455. The molecule has 0 bridgehead atoms. The predicted octanol–water partition coefficient (Wildman–Crippen LogP) is 0.681. The number of nitrogens with one attached hydrogen (secondary N) is 1. The molecule has 2 amide bonds. The number of hydrogen-bond donors (Lipinski definition) is 2. The molecule has 6 heteroatoms. The average molecular weight is 253 g/mol. The Kier molecular flexibility index (Phi) is 3.33. The number of nitrogen functional groups attached to an aromatic ring is 1. The highest BCUT2D eigenvalue weighted by atomic mass is 32.1. The molecule has 0 saturated carbocycles. The van der Waals surface area contributed by atoms with Crippen molar-refractivity contribution in [2.75, 3.05) is 18.8 Å². The second-order valence-corrected chi connectivity index (χ2v) is 5.06. The van der Waals surface area contributed by atoms with Crippen LogP contribution in [0, 0.1) is 0 Å². The largest absolute Gasteiger partial charge is 0.397 e. The Morgan fingerprint density at radius 2 is 2.35 bits per heavy atom. The minimum absolute atomic E-state index is 0.0367. The second kappa shape index (κ2) is 4.75. The molecule has 1 atom stereocenters. The number of likely N-dealkylation sites (tertiary alicyclic amines) is 1. The van der Waals surface area contributed by atoms with Gasteiger partial charge in [0, 0.05) is 26.1 Å². The first-order chi connectivity index (χ1) is 8.08. The zero-order valence-electron chi connectivity index (χ0n) is 9.60. The molecule has 0 spiro atoms. The van der Waals surface area contributed by atoms with Gasteiger partial charge in [-0.3, -0.25) is 9.59 Å². The molecular formula is C11H15N3O2S. The standard InChI is InChI=1S/C11H15N3O2S/c1-7(15)13-8-2-4-14(6-8)11(16)10-9(12)3-5-17-10/h3,5,8H,2,4,6,12H2,1H3,(H,13,15). The highest BCUT2D eigenvalue weighted by Crippen LogP contribution is 2.23. The fourth-order valence-electron chi connectivity index (χ4n) is 1.99. The van der Waals surface area contributed by atoms with Crippen LogP contribution in [0.2, 0.25) is 0 Å². The molecule has 0 aromatic carbocycles. The van der Waals surface area contributed by atoms with Gasteiger partial charge in [0.15, 0.2) is 0 Å². The summed E-state index contributed by atoms with van der Waals surface area (Å²) >= 11 is 1.36. The average Bonchev–Trinajstić information content (AvgIpc) is 2.85. The van der Waals surface area contributed by atoms with Gasteiger partial charge in [0.05, 0.1) is 5.69 Å². The minimum atomic E-state index is -0.0556. The van der Waals surface area contributed by atoms with Crippen molar-refractivity contribution in [2.24, 2.45) is 0 Å². The number of rotatable bonds is 2. The van der Waals surface area contributed by atoms with Crippen LogP contribution in [-0.2, 0) is 4.79 Å². The molecule has 1 saturated heterocycles. The number of thiophene rings is 1. The molecule has 2 rings (SSSR count). The molecule has 2 heterocycles. The van der Waals surface area contributed by atoms with Gasteiger partial charge in [-0.2, -0.15) is 0 Å². The van der Waals surface area contributed by atoms with Crippen LogP contribution < -0.4 is 11.1 Å². The summed E-state index contributed by atoms with van der Waals surface area (Å²) in [6.45, 7) is 2.72. The maximum Gasteiger partial charge on any atom is 0.266 e. The first-order valence-electron chi connectivity index (χ1n) is 5.47. The zero-order valence-corrected chi connectivity index (χ0v) is 10.4. The van der Waals surface area contributed by atoms with Gasteiger partial charge >= 0.3 is 0 Å². The summed E-state index contributed by atoms with van der Waals surface area (Å²) < 4.78 is 0. The van der Waals surface area contributed by atoms with Crippen LogP contribution in [0.1, 0.15) is 23.0 Å². The zero-order chi connectivity index (χ0) is 12.4. The lowest BCUT2D eigenvalue weighted by atomic mass is 10.2. The maximum absolute atomic E-state index is 12.1. The molecule has 1 aromatic heterocycles. The summed E-state index contributed by atoms with van der Waals surface area (Å²) in [6, 6.07) is 1.80. The van der Waals surface area contributed by atoms with Crippen LogP contribution >= 0.6 is 11.3 Å². The van der Waals surface area contributed by atoms with Gasteiger partial charge in [-0.25, -0.2) is 0 Å². The van der Waals surface area contributed by atoms with E-state index in [1.54, 1.807) is 11.0 Å². The van der Waals surface area contributed by atoms with E-state index >= 15 is 0 Å². The topological polar surface area (TPSA) is 75.4 Å². The van der Waals surface area contributed by atoms with E-state index in [4.69, 9.17) is 5.73 Å². The Hall–Kier alpha value is -1.56. The third-order valence-electron chi connectivity index (χ3n) is 2.77. The lowest BCUT2D eigenvalue weighted by Crippen LogP contribution is -2.37. The molecule has 5 nitrogen and oxygen atoms in total. The Morgan fingerprint density at radius 1 is 1.59 bits per heavy atom. The highest BCUT2D eigenvalue weighted by Gasteiger charge is 2.28. The normalized spacial score (nSPS) is 19.4. The number of carbonyl (C=O) groups is 2. The van der Waals surface area contributed by atoms with Crippen LogP contribution in [0.3, 0.4) is 0 Å².